The minimum Gasteiger partial charge on any atom is -0.391 e. The summed E-state index contributed by atoms with van der Waals surface area (Å²) in [6.07, 6.45) is 7.02. The number of allylic oxidation sites excluding steroid dienone is 2. The Morgan fingerprint density at radius 3 is 2.69 bits per heavy atom. The summed E-state index contributed by atoms with van der Waals surface area (Å²) in [6, 6.07) is 0. The van der Waals surface area contributed by atoms with Crippen LogP contribution in [0.4, 0.5) is 0 Å². The van der Waals surface area contributed by atoms with E-state index < -0.39 is 0 Å². The highest BCUT2D eigenvalue weighted by Crippen LogP contribution is 2.13. The number of hydrogen-bond acceptors (Lipinski definition) is 2. The molecule has 0 aromatic rings. The molecule has 0 bridgehead atoms. The van der Waals surface area contributed by atoms with E-state index in [1.54, 1.807) is 7.11 Å². The van der Waals surface area contributed by atoms with Gasteiger partial charge in [-0.1, -0.05) is 19.1 Å². The Bertz CT molecular complexity index is 132. The maximum absolute atomic E-state index is 9.43. The fourth-order valence-electron chi connectivity index (χ4n) is 1.39. The second-order valence-corrected chi connectivity index (χ2v) is 3.60. The number of ether oxygens (including phenoxy) is 1. The molecule has 2 unspecified atom stereocenters. The molecule has 0 saturated heterocycles. The largest absolute Gasteiger partial charge is 0.391 e. The van der Waals surface area contributed by atoms with E-state index in [2.05, 4.69) is 19.1 Å². The predicted octanol–water partition coefficient (Wildman–Crippen LogP) is 2.38. The number of rotatable bonds is 7. The minimum atomic E-state index is -0.300. The topological polar surface area (TPSA) is 29.5 Å². The van der Waals surface area contributed by atoms with E-state index in [1.807, 2.05) is 6.92 Å². The van der Waals surface area contributed by atoms with Gasteiger partial charge in [0.05, 0.1) is 12.7 Å². The summed E-state index contributed by atoms with van der Waals surface area (Å²) in [5, 5.41) is 9.43. The van der Waals surface area contributed by atoms with Gasteiger partial charge in [0.25, 0.3) is 0 Å². The van der Waals surface area contributed by atoms with Crippen molar-refractivity contribution in [3.63, 3.8) is 0 Å². The van der Waals surface area contributed by atoms with Crippen LogP contribution in [0, 0.1) is 5.92 Å². The molecule has 0 saturated carbocycles. The Morgan fingerprint density at radius 1 is 1.46 bits per heavy atom. The first-order valence-electron chi connectivity index (χ1n) is 4.98. The van der Waals surface area contributed by atoms with E-state index in [1.165, 1.54) is 0 Å². The molecule has 2 heteroatoms. The summed E-state index contributed by atoms with van der Waals surface area (Å²) >= 11 is 0. The van der Waals surface area contributed by atoms with Gasteiger partial charge in [-0.25, -0.2) is 0 Å². The molecule has 78 valence electrons. The molecule has 2 atom stereocenters. The Labute approximate surface area is 81.6 Å². The van der Waals surface area contributed by atoms with E-state index in [0.717, 1.165) is 19.3 Å². The van der Waals surface area contributed by atoms with Crippen molar-refractivity contribution >= 4 is 0 Å². The van der Waals surface area contributed by atoms with Crippen molar-refractivity contribution in [3.05, 3.63) is 12.2 Å². The average molecular weight is 186 g/mol. The van der Waals surface area contributed by atoms with Gasteiger partial charge in [0, 0.05) is 7.11 Å². The normalized spacial score (nSPS) is 16.3. The fourth-order valence-corrected chi connectivity index (χ4v) is 1.39. The van der Waals surface area contributed by atoms with Gasteiger partial charge >= 0.3 is 0 Å². The van der Waals surface area contributed by atoms with Crippen LogP contribution in [0.5, 0.6) is 0 Å². The van der Waals surface area contributed by atoms with Gasteiger partial charge in [-0.3, -0.25) is 0 Å². The lowest BCUT2D eigenvalue weighted by molar-refractivity contribution is 0.0492. The highest BCUT2D eigenvalue weighted by Gasteiger charge is 2.08. The van der Waals surface area contributed by atoms with Gasteiger partial charge in [0.2, 0.25) is 0 Å². The highest BCUT2D eigenvalue weighted by molar-refractivity contribution is 4.77. The third-order valence-electron chi connectivity index (χ3n) is 2.10. The monoisotopic (exact) mass is 186 g/mol. The van der Waals surface area contributed by atoms with Crippen LogP contribution in [0.15, 0.2) is 12.2 Å². The number of aliphatic hydroxyl groups excluding tert-OH is 1. The van der Waals surface area contributed by atoms with E-state index in [0.29, 0.717) is 12.5 Å². The van der Waals surface area contributed by atoms with Crippen molar-refractivity contribution in [2.45, 2.75) is 39.2 Å². The van der Waals surface area contributed by atoms with Gasteiger partial charge in [-0.05, 0) is 32.1 Å². The Balaban J connectivity index is 3.43. The molecular weight excluding hydrogens is 164 g/mol. The first-order chi connectivity index (χ1) is 6.20. The molecule has 0 aromatic carbocycles. The first-order valence-corrected chi connectivity index (χ1v) is 4.98. The number of hydrogen-bond donors (Lipinski definition) is 1. The molecule has 2 nitrogen and oxygen atoms in total. The molecular formula is C11H22O2. The number of aliphatic hydroxyl groups is 1. The molecule has 0 radical (unpaired) electrons. The molecule has 0 spiro atoms. The summed E-state index contributed by atoms with van der Waals surface area (Å²) in [7, 11) is 1.62. The third-order valence-corrected chi connectivity index (χ3v) is 2.10. The fraction of sp³-hybridized carbons (Fsp3) is 0.818. The lowest BCUT2D eigenvalue weighted by Gasteiger charge is -2.14. The summed E-state index contributed by atoms with van der Waals surface area (Å²) in [5.74, 6) is 0.571. The number of methoxy groups -OCH3 is 1. The minimum absolute atomic E-state index is 0.300. The lowest BCUT2D eigenvalue weighted by Crippen LogP contribution is -2.17. The third kappa shape index (κ3) is 8.00. The van der Waals surface area contributed by atoms with Crippen molar-refractivity contribution in [1.82, 2.24) is 0 Å². The smallest absolute Gasteiger partial charge is 0.0776 e. The van der Waals surface area contributed by atoms with Crippen LogP contribution in [0.25, 0.3) is 0 Å². The molecule has 13 heavy (non-hydrogen) atoms. The zero-order valence-electron chi connectivity index (χ0n) is 8.99. The van der Waals surface area contributed by atoms with Crippen LogP contribution < -0.4 is 0 Å². The molecule has 0 aliphatic heterocycles. The van der Waals surface area contributed by atoms with Crippen LogP contribution in [0.2, 0.25) is 0 Å². The maximum atomic E-state index is 9.43. The average Bonchev–Trinajstić information content (AvgIpc) is 2.05. The first kappa shape index (κ1) is 12.7. The summed E-state index contributed by atoms with van der Waals surface area (Å²) in [4.78, 5) is 0. The van der Waals surface area contributed by atoms with Crippen LogP contribution in [-0.4, -0.2) is 24.9 Å². The Morgan fingerprint density at radius 2 is 2.15 bits per heavy atom. The lowest BCUT2D eigenvalue weighted by atomic mass is 9.98. The van der Waals surface area contributed by atoms with Crippen molar-refractivity contribution in [2.75, 3.05) is 13.7 Å². The van der Waals surface area contributed by atoms with Crippen molar-refractivity contribution < 1.29 is 9.84 Å². The second-order valence-electron chi connectivity index (χ2n) is 3.60. The quantitative estimate of drug-likeness (QED) is 0.618. The molecule has 1 N–H and O–H groups in total. The van der Waals surface area contributed by atoms with Crippen molar-refractivity contribution in [2.24, 2.45) is 5.92 Å². The SMILES string of the molecule is CC=CCCC(C)CC(O)COC. The van der Waals surface area contributed by atoms with E-state index in [9.17, 15) is 5.11 Å². The highest BCUT2D eigenvalue weighted by atomic mass is 16.5. The van der Waals surface area contributed by atoms with Gasteiger partial charge < -0.3 is 9.84 Å². The maximum Gasteiger partial charge on any atom is 0.0776 e. The molecule has 0 aromatic heterocycles. The van der Waals surface area contributed by atoms with Gasteiger partial charge in [0.1, 0.15) is 0 Å². The van der Waals surface area contributed by atoms with Crippen molar-refractivity contribution in [3.8, 4) is 0 Å². The van der Waals surface area contributed by atoms with Crippen molar-refractivity contribution in [1.29, 1.82) is 0 Å². The summed E-state index contributed by atoms with van der Waals surface area (Å²) in [5.41, 5.74) is 0. The summed E-state index contributed by atoms with van der Waals surface area (Å²) < 4.78 is 4.87. The molecule has 0 rings (SSSR count). The molecule has 0 fully saturated rings. The second kappa shape index (κ2) is 8.27. The standard InChI is InChI=1S/C11H22O2/c1-4-5-6-7-10(2)8-11(12)9-13-3/h4-5,10-12H,6-9H2,1-3H3. The predicted molar refractivity (Wildman–Crippen MR) is 55.7 cm³/mol. The van der Waals surface area contributed by atoms with E-state index in [4.69, 9.17) is 4.74 Å². The molecule has 0 amide bonds. The molecule has 0 aliphatic rings. The van der Waals surface area contributed by atoms with Gasteiger partial charge in [-0.2, -0.15) is 0 Å². The van der Waals surface area contributed by atoms with Crippen LogP contribution in [0.3, 0.4) is 0 Å². The Kier molecular flexibility index (Phi) is 8.05. The van der Waals surface area contributed by atoms with Gasteiger partial charge in [-0.15, -0.1) is 0 Å². The molecule has 0 heterocycles. The van der Waals surface area contributed by atoms with Crippen LogP contribution >= 0.6 is 0 Å². The Hall–Kier alpha value is -0.340. The zero-order valence-corrected chi connectivity index (χ0v) is 8.99. The van der Waals surface area contributed by atoms with Crippen LogP contribution in [0.1, 0.15) is 33.1 Å². The zero-order chi connectivity index (χ0) is 10.1. The molecule has 0 aliphatic carbocycles. The summed E-state index contributed by atoms with van der Waals surface area (Å²) in [6.45, 7) is 4.65. The van der Waals surface area contributed by atoms with Crippen LogP contribution in [-0.2, 0) is 4.74 Å². The van der Waals surface area contributed by atoms with E-state index >= 15 is 0 Å². The van der Waals surface area contributed by atoms with E-state index in [-0.39, 0.29) is 6.10 Å². The van der Waals surface area contributed by atoms with Gasteiger partial charge in [0.15, 0.2) is 0 Å².